The molecule has 7 heteroatoms. The lowest BCUT2D eigenvalue weighted by molar-refractivity contribution is -0.138. The average Bonchev–Trinajstić information content (AvgIpc) is 3.29. The Labute approximate surface area is 407 Å². The molecule has 7 nitrogen and oxygen atoms in total. The maximum Gasteiger partial charge on any atom is 0.303 e. The number of aliphatic hydroxyl groups excluding tert-OH is 2. The fraction of sp³-hybridized carbons (Fsp3) is 0.966. The second-order valence-corrected chi connectivity index (χ2v) is 19.8. The van der Waals surface area contributed by atoms with Crippen LogP contribution in [0.2, 0.25) is 0 Å². The van der Waals surface area contributed by atoms with Crippen LogP contribution >= 0.6 is 0 Å². The molecule has 4 N–H and O–H groups in total. The van der Waals surface area contributed by atoms with Crippen LogP contribution in [0.25, 0.3) is 0 Å². The van der Waals surface area contributed by atoms with E-state index in [1.807, 2.05) is 0 Å². The fourth-order valence-electron chi connectivity index (χ4n) is 8.80. The molecule has 0 atom stereocenters. The number of carbonyl (C=O) groups is 2. The minimum Gasteiger partial charge on any atom is -0.481 e. The normalized spacial score (nSPS) is 11.1. The lowest BCUT2D eigenvalue weighted by atomic mass is 10.0. The number of hydrogen-bond donors (Lipinski definition) is 4. The molecule has 0 rings (SSSR count). The highest BCUT2D eigenvalue weighted by Gasteiger charge is 2.03. The van der Waals surface area contributed by atoms with Gasteiger partial charge in [-0.15, -0.1) is 0 Å². The molecule has 0 saturated carbocycles. The first-order valence-corrected chi connectivity index (χ1v) is 29.3. The van der Waals surface area contributed by atoms with Gasteiger partial charge in [0.15, 0.2) is 0 Å². The molecule has 0 heterocycles. The highest BCUT2D eigenvalue weighted by Crippen LogP contribution is 2.17. The first kappa shape index (κ1) is 68.1. The number of carboxylic acids is 2. The number of aliphatic carboxylic acids is 2. The van der Waals surface area contributed by atoms with Crippen molar-refractivity contribution in [2.45, 2.75) is 329 Å². The molecular weight excluding hydrogens is 807 g/mol. The van der Waals surface area contributed by atoms with Crippen LogP contribution < -0.4 is 0 Å². The van der Waals surface area contributed by atoms with Crippen LogP contribution in [0.15, 0.2) is 0 Å². The standard InChI is InChI=1S/C22H47NO2.2C18H36O2/c1-2-3-4-5-6-7-8-9-10-11-12-13-14-15-16-17-18-23(19-21-24)20-22-25;2*1-2-3-4-5-6-7-8-9-10-11-12-13-14-15-16-17-18(19)20/h24-25H,2-22H2,1H3;2*2-17H2,1H3,(H,19,20). The number of carboxylic acid groups (broad SMARTS) is 2. The van der Waals surface area contributed by atoms with Crippen molar-refractivity contribution in [3.63, 3.8) is 0 Å². The van der Waals surface area contributed by atoms with E-state index in [1.165, 1.54) is 270 Å². The smallest absolute Gasteiger partial charge is 0.303 e. The number of unbranched alkanes of at least 4 members (excludes halogenated alkanes) is 43. The molecule has 0 saturated heterocycles. The second kappa shape index (κ2) is 64.9. The number of rotatable bonds is 53. The molecule has 392 valence electrons. The van der Waals surface area contributed by atoms with Crippen molar-refractivity contribution in [1.82, 2.24) is 4.90 Å². The summed E-state index contributed by atoms with van der Waals surface area (Å²) in [5, 5.41) is 35.0. The third kappa shape index (κ3) is 72.0. The van der Waals surface area contributed by atoms with Gasteiger partial charge in [-0.25, -0.2) is 0 Å². The van der Waals surface area contributed by atoms with Crippen LogP contribution in [0.1, 0.15) is 329 Å². The zero-order valence-corrected chi connectivity index (χ0v) is 44.5. The van der Waals surface area contributed by atoms with Gasteiger partial charge in [0, 0.05) is 25.9 Å². The van der Waals surface area contributed by atoms with Gasteiger partial charge in [-0.3, -0.25) is 14.5 Å². The Bertz CT molecular complexity index is 806. The van der Waals surface area contributed by atoms with Crippen LogP contribution in [-0.2, 0) is 9.59 Å². The number of aliphatic hydroxyl groups is 2. The molecule has 65 heavy (non-hydrogen) atoms. The van der Waals surface area contributed by atoms with Crippen molar-refractivity contribution in [2.75, 3.05) is 32.8 Å². The van der Waals surface area contributed by atoms with Crippen LogP contribution in [-0.4, -0.2) is 70.1 Å². The van der Waals surface area contributed by atoms with Crippen LogP contribution in [0, 0.1) is 0 Å². The highest BCUT2D eigenvalue weighted by molar-refractivity contribution is 5.66. The van der Waals surface area contributed by atoms with Crippen molar-refractivity contribution >= 4 is 11.9 Å². The van der Waals surface area contributed by atoms with Crippen LogP contribution in [0.3, 0.4) is 0 Å². The number of nitrogens with zero attached hydrogens (tertiary/aromatic N) is 1. The predicted octanol–water partition coefficient (Wildman–Crippen LogP) is 18.2. The molecule has 0 aromatic carbocycles. The Kier molecular flexibility index (Phi) is 68.0. The van der Waals surface area contributed by atoms with E-state index in [-0.39, 0.29) is 13.2 Å². The number of hydrogen-bond acceptors (Lipinski definition) is 5. The van der Waals surface area contributed by atoms with Gasteiger partial charge >= 0.3 is 11.9 Å². The third-order valence-corrected chi connectivity index (χ3v) is 13.1. The van der Waals surface area contributed by atoms with E-state index in [2.05, 4.69) is 25.7 Å². The van der Waals surface area contributed by atoms with E-state index in [1.54, 1.807) is 0 Å². The quantitative estimate of drug-likeness (QED) is 0.0449. The summed E-state index contributed by atoms with van der Waals surface area (Å²) >= 11 is 0. The van der Waals surface area contributed by atoms with Crippen molar-refractivity contribution in [1.29, 1.82) is 0 Å². The highest BCUT2D eigenvalue weighted by atomic mass is 16.4. The summed E-state index contributed by atoms with van der Waals surface area (Å²) in [6.45, 7) is 9.61. The minimum absolute atomic E-state index is 0.193. The molecule has 0 radical (unpaired) electrons. The summed E-state index contributed by atoms with van der Waals surface area (Å²) < 4.78 is 0. The summed E-state index contributed by atoms with van der Waals surface area (Å²) in [5.74, 6) is -1.31. The average molecular weight is 927 g/mol. The summed E-state index contributed by atoms with van der Waals surface area (Å²) in [7, 11) is 0. The maximum absolute atomic E-state index is 10.3. The van der Waals surface area contributed by atoms with Crippen LogP contribution in [0.4, 0.5) is 0 Å². The lowest BCUT2D eigenvalue weighted by Crippen LogP contribution is -2.30. The Morgan fingerprint density at radius 2 is 0.431 bits per heavy atom. The Morgan fingerprint density at radius 3 is 0.600 bits per heavy atom. The molecule has 0 spiro atoms. The molecule has 0 aromatic rings. The predicted molar refractivity (Wildman–Crippen MR) is 285 cm³/mol. The van der Waals surface area contributed by atoms with Crippen molar-refractivity contribution in [3.05, 3.63) is 0 Å². The minimum atomic E-state index is -0.653. The second-order valence-electron chi connectivity index (χ2n) is 19.8. The molecule has 0 amide bonds. The van der Waals surface area contributed by atoms with E-state index in [4.69, 9.17) is 20.4 Å². The summed E-state index contributed by atoms with van der Waals surface area (Å²) in [6.07, 6.45) is 62.7. The van der Waals surface area contributed by atoms with E-state index in [0.717, 1.165) is 32.2 Å². The van der Waals surface area contributed by atoms with Crippen LogP contribution in [0.5, 0.6) is 0 Å². The third-order valence-electron chi connectivity index (χ3n) is 13.1. The molecule has 0 bridgehead atoms. The zero-order valence-electron chi connectivity index (χ0n) is 44.5. The lowest BCUT2D eigenvalue weighted by Gasteiger charge is -2.19. The molecule has 0 aliphatic carbocycles. The van der Waals surface area contributed by atoms with Crippen molar-refractivity contribution in [2.24, 2.45) is 0 Å². The summed E-state index contributed by atoms with van der Waals surface area (Å²) in [4.78, 5) is 22.8. The summed E-state index contributed by atoms with van der Waals surface area (Å²) in [5.41, 5.74) is 0. The van der Waals surface area contributed by atoms with Gasteiger partial charge in [0.05, 0.1) is 13.2 Å². The van der Waals surface area contributed by atoms with Crippen molar-refractivity contribution in [3.8, 4) is 0 Å². The molecule has 0 fully saturated rings. The van der Waals surface area contributed by atoms with Gasteiger partial charge in [0.1, 0.15) is 0 Å². The van der Waals surface area contributed by atoms with E-state index in [9.17, 15) is 9.59 Å². The van der Waals surface area contributed by atoms with Gasteiger partial charge in [-0.2, -0.15) is 0 Å². The zero-order chi connectivity index (χ0) is 48.2. The molecule has 0 aromatic heterocycles. The van der Waals surface area contributed by atoms with E-state index >= 15 is 0 Å². The molecule has 0 aliphatic heterocycles. The summed E-state index contributed by atoms with van der Waals surface area (Å²) in [6, 6.07) is 0. The maximum atomic E-state index is 10.3. The molecule has 0 aliphatic rings. The van der Waals surface area contributed by atoms with Gasteiger partial charge in [0.2, 0.25) is 0 Å². The van der Waals surface area contributed by atoms with Gasteiger partial charge in [0.25, 0.3) is 0 Å². The first-order valence-electron chi connectivity index (χ1n) is 29.3. The largest absolute Gasteiger partial charge is 0.481 e. The van der Waals surface area contributed by atoms with E-state index in [0.29, 0.717) is 25.9 Å². The topological polar surface area (TPSA) is 118 Å². The van der Waals surface area contributed by atoms with Gasteiger partial charge in [-0.05, 0) is 25.8 Å². The Morgan fingerprint density at radius 1 is 0.262 bits per heavy atom. The van der Waals surface area contributed by atoms with E-state index < -0.39 is 11.9 Å². The Hall–Kier alpha value is -1.18. The molecule has 0 unspecified atom stereocenters. The van der Waals surface area contributed by atoms with Gasteiger partial charge < -0.3 is 20.4 Å². The van der Waals surface area contributed by atoms with Gasteiger partial charge in [-0.1, -0.05) is 297 Å². The molecular formula is C58H119NO6. The first-order chi connectivity index (χ1) is 31.9. The van der Waals surface area contributed by atoms with Crippen molar-refractivity contribution < 1.29 is 30.0 Å². The SMILES string of the molecule is CCCCCCCCCCCCCCCCCC(=O)O.CCCCCCCCCCCCCCCCCC(=O)O.CCCCCCCCCCCCCCCCCCN(CCO)CCO. The fourth-order valence-corrected chi connectivity index (χ4v) is 8.80. The Balaban J connectivity index is -0.000000896. The monoisotopic (exact) mass is 926 g/mol.